The first-order chi connectivity index (χ1) is 11.4. The Kier molecular flexibility index (Phi) is 3.52. The second-order valence-electron chi connectivity index (χ2n) is 6.61. The summed E-state index contributed by atoms with van der Waals surface area (Å²) in [6.45, 7) is 1.88. The standard InChI is InChI=1S/C16H19N3O4S/c1-11-17-15(23-18-11)16(20)6-7-19(10-16)24(21,22)14-8-12-4-2-3-5-13(12)9-14/h2-5,14,20H,6-10H2,1H3. The van der Waals surface area contributed by atoms with E-state index in [0.29, 0.717) is 18.7 Å². The largest absolute Gasteiger partial charge is 0.379 e. The van der Waals surface area contributed by atoms with Crippen LogP contribution >= 0.6 is 0 Å². The predicted octanol–water partition coefficient (Wildman–Crippen LogP) is 0.769. The summed E-state index contributed by atoms with van der Waals surface area (Å²) in [5.41, 5.74) is 0.779. The molecule has 1 aliphatic heterocycles. The third kappa shape index (κ3) is 2.45. The highest BCUT2D eigenvalue weighted by Gasteiger charge is 2.48. The normalized spacial score (nSPS) is 25.2. The van der Waals surface area contributed by atoms with E-state index in [4.69, 9.17) is 4.52 Å². The maximum atomic E-state index is 13.0. The van der Waals surface area contributed by atoms with E-state index >= 15 is 0 Å². The number of aromatic nitrogens is 2. The summed E-state index contributed by atoms with van der Waals surface area (Å²) in [5.74, 6) is 0.512. The molecule has 128 valence electrons. The summed E-state index contributed by atoms with van der Waals surface area (Å²) in [6.07, 6.45) is 1.30. The molecule has 1 aliphatic carbocycles. The third-order valence-corrected chi connectivity index (χ3v) is 7.14. The highest BCUT2D eigenvalue weighted by atomic mass is 32.2. The molecule has 2 aliphatic rings. The summed E-state index contributed by atoms with van der Waals surface area (Å²) in [4.78, 5) is 4.06. The summed E-state index contributed by atoms with van der Waals surface area (Å²) in [7, 11) is -3.49. The lowest BCUT2D eigenvalue weighted by Crippen LogP contribution is -2.40. The van der Waals surface area contributed by atoms with Gasteiger partial charge in [-0.15, -0.1) is 0 Å². The first kappa shape index (κ1) is 15.7. The number of rotatable bonds is 3. The lowest BCUT2D eigenvalue weighted by molar-refractivity contribution is 0.0193. The van der Waals surface area contributed by atoms with Crippen molar-refractivity contribution in [1.82, 2.24) is 14.4 Å². The van der Waals surface area contributed by atoms with E-state index in [9.17, 15) is 13.5 Å². The second kappa shape index (κ2) is 5.37. The van der Waals surface area contributed by atoms with Crippen LogP contribution in [0.2, 0.25) is 0 Å². The Morgan fingerprint density at radius 3 is 2.54 bits per heavy atom. The van der Waals surface area contributed by atoms with E-state index < -0.39 is 20.9 Å². The van der Waals surface area contributed by atoms with Gasteiger partial charge >= 0.3 is 0 Å². The van der Waals surface area contributed by atoms with Crippen LogP contribution in [0.25, 0.3) is 0 Å². The zero-order chi connectivity index (χ0) is 16.9. The summed E-state index contributed by atoms with van der Waals surface area (Å²) >= 11 is 0. The van der Waals surface area contributed by atoms with Crippen molar-refractivity contribution in [3.63, 3.8) is 0 Å². The molecule has 4 rings (SSSR count). The molecule has 2 heterocycles. The van der Waals surface area contributed by atoms with E-state index in [1.165, 1.54) is 4.31 Å². The quantitative estimate of drug-likeness (QED) is 0.879. The number of β-amino-alcohol motifs (C(OH)–C–C–N with tert-alkyl or cyclic N) is 1. The predicted molar refractivity (Wildman–Crippen MR) is 85.7 cm³/mol. The van der Waals surface area contributed by atoms with Gasteiger partial charge in [-0.05, 0) is 30.9 Å². The summed E-state index contributed by atoms with van der Waals surface area (Å²) in [6, 6.07) is 7.82. The van der Waals surface area contributed by atoms with Crippen molar-refractivity contribution in [1.29, 1.82) is 0 Å². The van der Waals surface area contributed by atoms with Gasteiger partial charge in [0.05, 0.1) is 11.8 Å². The van der Waals surface area contributed by atoms with E-state index in [1.807, 2.05) is 24.3 Å². The Hall–Kier alpha value is -1.77. The minimum atomic E-state index is -3.49. The second-order valence-corrected chi connectivity index (χ2v) is 8.82. The van der Waals surface area contributed by atoms with Gasteiger partial charge in [0.15, 0.2) is 11.4 Å². The molecule has 1 atom stereocenters. The molecule has 1 fully saturated rings. The molecule has 1 aromatic carbocycles. The van der Waals surface area contributed by atoms with Crippen molar-refractivity contribution >= 4 is 10.0 Å². The van der Waals surface area contributed by atoms with Crippen LogP contribution in [0.3, 0.4) is 0 Å². The van der Waals surface area contributed by atoms with E-state index in [1.54, 1.807) is 6.92 Å². The Bertz CT molecular complexity index is 854. The molecule has 1 saturated heterocycles. The van der Waals surface area contributed by atoms with Gasteiger partial charge in [0, 0.05) is 13.0 Å². The average Bonchev–Trinajstić information content (AvgIpc) is 3.25. The van der Waals surface area contributed by atoms with Crippen molar-refractivity contribution in [2.75, 3.05) is 13.1 Å². The van der Waals surface area contributed by atoms with Gasteiger partial charge in [0.25, 0.3) is 5.89 Å². The zero-order valence-electron chi connectivity index (χ0n) is 13.3. The van der Waals surface area contributed by atoms with Crippen molar-refractivity contribution in [2.24, 2.45) is 0 Å². The fourth-order valence-electron chi connectivity index (χ4n) is 3.58. The molecule has 24 heavy (non-hydrogen) atoms. The fourth-order valence-corrected chi connectivity index (χ4v) is 5.52. The van der Waals surface area contributed by atoms with Gasteiger partial charge in [-0.1, -0.05) is 29.4 Å². The summed E-state index contributed by atoms with van der Waals surface area (Å²) < 4.78 is 32.4. The Morgan fingerprint density at radius 1 is 1.29 bits per heavy atom. The fraction of sp³-hybridized carbons (Fsp3) is 0.500. The lowest BCUT2D eigenvalue weighted by Gasteiger charge is -2.22. The molecule has 1 N–H and O–H groups in total. The third-order valence-electron chi connectivity index (χ3n) is 4.93. The van der Waals surface area contributed by atoms with Crippen LogP contribution in [0.1, 0.15) is 29.3 Å². The number of hydrogen-bond donors (Lipinski definition) is 1. The molecule has 0 amide bonds. The van der Waals surface area contributed by atoms with E-state index in [0.717, 1.165) is 11.1 Å². The molecule has 1 aromatic heterocycles. The van der Waals surface area contributed by atoms with Crippen LogP contribution in [0.4, 0.5) is 0 Å². The van der Waals surface area contributed by atoms with Crippen LogP contribution in [0.5, 0.6) is 0 Å². The first-order valence-electron chi connectivity index (χ1n) is 7.97. The number of benzene rings is 1. The van der Waals surface area contributed by atoms with Crippen LogP contribution in [-0.4, -0.2) is 46.3 Å². The molecule has 8 heteroatoms. The van der Waals surface area contributed by atoms with Crippen molar-refractivity contribution in [2.45, 2.75) is 37.0 Å². The van der Waals surface area contributed by atoms with Crippen molar-refractivity contribution in [3.05, 3.63) is 47.1 Å². The Morgan fingerprint density at radius 2 is 1.96 bits per heavy atom. The highest BCUT2D eigenvalue weighted by Crippen LogP contribution is 2.35. The van der Waals surface area contributed by atoms with Crippen LogP contribution in [-0.2, 0) is 28.5 Å². The maximum Gasteiger partial charge on any atom is 0.260 e. The monoisotopic (exact) mass is 349 g/mol. The minimum Gasteiger partial charge on any atom is -0.379 e. The number of aliphatic hydroxyl groups is 1. The molecule has 1 unspecified atom stereocenters. The van der Waals surface area contributed by atoms with Gasteiger partial charge < -0.3 is 9.63 Å². The molecule has 0 radical (unpaired) electrons. The Balaban J connectivity index is 1.55. The first-order valence-corrected chi connectivity index (χ1v) is 9.48. The van der Waals surface area contributed by atoms with Crippen molar-refractivity contribution in [3.8, 4) is 0 Å². The van der Waals surface area contributed by atoms with Gasteiger partial charge in [0.1, 0.15) is 0 Å². The van der Waals surface area contributed by atoms with Crippen LogP contribution in [0, 0.1) is 6.92 Å². The highest BCUT2D eigenvalue weighted by molar-refractivity contribution is 7.89. The molecule has 7 nitrogen and oxygen atoms in total. The van der Waals surface area contributed by atoms with E-state index in [-0.39, 0.29) is 25.4 Å². The molecule has 2 aromatic rings. The van der Waals surface area contributed by atoms with E-state index in [2.05, 4.69) is 10.1 Å². The van der Waals surface area contributed by atoms with Gasteiger partial charge in [0.2, 0.25) is 10.0 Å². The SMILES string of the molecule is Cc1noc(C2(O)CCN(S(=O)(=O)C3Cc4ccccc4C3)C2)n1. The number of nitrogens with zero attached hydrogens (tertiary/aromatic N) is 3. The number of hydrogen-bond acceptors (Lipinski definition) is 6. The molecular weight excluding hydrogens is 330 g/mol. The lowest BCUT2D eigenvalue weighted by atomic mass is 10.0. The molecular formula is C16H19N3O4S. The molecule has 0 spiro atoms. The Labute approximate surface area is 140 Å². The number of sulfonamides is 1. The molecule has 0 saturated carbocycles. The van der Waals surface area contributed by atoms with Gasteiger partial charge in [-0.25, -0.2) is 8.42 Å². The van der Waals surface area contributed by atoms with Gasteiger partial charge in [-0.2, -0.15) is 9.29 Å². The van der Waals surface area contributed by atoms with Crippen LogP contribution < -0.4 is 0 Å². The molecule has 0 bridgehead atoms. The van der Waals surface area contributed by atoms with Crippen LogP contribution in [0.15, 0.2) is 28.8 Å². The van der Waals surface area contributed by atoms with Crippen molar-refractivity contribution < 1.29 is 18.0 Å². The smallest absolute Gasteiger partial charge is 0.260 e. The summed E-state index contributed by atoms with van der Waals surface area (Å²) in [5, 5.41) is 13.9. The topological polar surface area (TPSA) is 96.5 Å². The average molecular weight is 349 g/mol. The minimum absolute atomic E-state index is 0.0379. The maximum absolute atomic E-state index is 13.0. The zero-order valence-corrected chi connectivity index (χ0v) is 14.2. The number of aryl methyl sites for hydroxylation is 1. The number of fused-ring (bicyclic) bond motifs is 1. The van der Waals surface area contributed by atoms with Gasteiger partial charge in [-0.3, -0.25) is 0 Å².